The summed E-state index contributed by atoms with van der Waals surface area (Å²) in [6.07, 6.45) is 0. The highest BCUT2D eigenvalue weighted by Gasteiger charge is 2.20. The van der Waals surface area contributed by atoms with Crippen LogP contribution in [0.3, 0.4) is 0 Å². The van der Waals surface area contributed by atoms with Gasteiger partial charge in [-0.05, 0) is 19.1 Å². The molecule has 0 bridgehead atoms. The quantitative estimate of drug-likeness (QED) is 0.416. The molecule has 33 heavy (non-hydrogen) atoms. The number of nitrogens with zero attached hydrogens (tertiary/aromatic N) is 3. The number of aromatic amines is 1. The zero-order chi connectivity index (χ0) is 22.5. The van der Waals surface area contributed by atoms with Gasteiger partial charge in [-0.25, -0.2) is 4.98 Å². The molecule has 0 unspecified atom stereocenters. The minimum absolute atomic E-state index is 0.691. The Hall–Kier alpha value is -3.57. The molecule has 1 saturated heterocycles. The molecule has 5 nitrogen and oxygen atoms in total. The molecule has 3 aromatic carbocycles. The minimum atomic E-state index is 0.691. The zero-order valence-corrected chi connectivity index (χ0v) is 19.1. The number of hydrogen-bond donors (Lipinski definition) is 1. The summed E-state index contributed by atoms with van der Waals surface area (Å²) in [4.78, 5) is 13.6. The highest BCUT2D eigenvalue weighted by Crippen LogP contribution is 2.30. The number of rotatable bonds is 7. The molecule has 5 heteroatoms. The van der Waals surface area contributed by atoms with Crippen LogP contribution in [0.15, 0.2) is 84.9 Å². The van der Waals surface area contributed by atoms with Crippen LogP contribution in [0.1, 0.15) is 12.7 Å². The summed E-state index contributed by atoms with van der Waals surface area (Å²) in [5.41, 5.74) is 5.63. The second-order valence-corrected chi connectivity index (χ2v) is 8.33. The van der Waals surface area contributed by atoms with E-state index in [1.54, 1.807) is 0 Å². The lowest BCUT2D eigenvalue weighted by molar-refractivity contribution is 0.244. The number of nitrogens with one attached hydrogen (secondary N) is 1. The Labute approximate surface area is 195 Å². The Morgan fingerprint density at radius 2 is 1.52 bits per heavy atom. The number of ether oxygens (including phenoxy) is 1. The largest absolute Gasteiger partial charge is 0.494 e. The molecular formula is C28H30N4O. The summed E-state index contributed by atoms with van der Waals surface area (Å²) in [5, 5.41) is 0. The molecule has 0 amide bonds. The van der Waals surface area contributed by atoms with Gasteiger partial charge < -0.3 is 14.6 Å². The molecule has 1 aromatic heterocycles. The Kier molecular flexibility index (Phi) is 6.40. The standard InChI is InChI=1S/C28H30N4O/c1-2-33-25-15-9-14-24(20-25)32-18-16-31(17-19-32)21-26-29-27(22-10-5-3-6-11-22)28(30-26)23-12-7-4-8-13-23/h3-15,20H,2,16-19,21H2,1H3,(H,29,30). The number of benzene rings is 3. The van der Waals surface area contributed by atoms with Crippen LogP contribution >= 0.6 is 0 Å². The highest BCUT2D eigenvalue weighted by molar-refractivity contribution is 5.78. The normalized spacial score (nSPS) is 14.4. The number of piperazine rings is 1. The molecule has 0 atom stereocenters. The molecule has 5 rings (SSSR count). The summed E-state index contributed by atoms with van der Waals surface area (Å²) in [7, 11) is 0. The summed E-state index contributed by atoms with van der Waals surface area (Å²) >= 11 is 0. The van der Waals surface area contributed by atoms with E-state index in [-0.39, 0.29) is 0 Å². The van der Waals surface area contributed by atoms with E-state index in [0.29, 0.717) is 6.61 Å². The van der Waals surface area contributed by atoms with E-state index < -0.39 is 0 Å². The van der Waals surface area contributed by atoms with Crippen LogP contribution in [0.4, 0.5) is 5.69 Å². The first kappa shape index (κ1) is 21.3. The predicted octanol–water partition coefficient (Wildman–Crippen LogP) is 5.46. The van der Waals surface area contributed by atoms with Crippen molar-refractivity contribution < 1.29 is 4.74 Å². The molecule has 168 valence electrons. The van der Waals surface area contributed by atoms with E-state index >= 15 is 0 Å². The zero-order valence-electron chi connectivity index (χ0n) is 19.1. The highest BCUT2D eigenvalue weighted by atomic mass is 16.5. The fraction of sp³-hybridized carbons (Fsp3) is 0.250. The molecule has 0 aliphatic carbocycles. The molecule has 1 aliphatic heterocycles. The van der Waals surface area contributed by atoms with Gasteiger partial charge in [-0.3, -0.25) is 4.90 Å². The van der Waals surface area contributed by atoms with Crippen molar-refractivity contribution in [2.24, 2.45) is 0 Å². The second-order valence-electron chi connectivity index (χ2n) is 8.33. The summed E-state index contributed by atoms with van der Waals surface area (Å²) in [5.74, 6) is 1.95. The van der Waals surface area contributed by atoms with Gasteiger partial charge in [0.1, 0.15) is 11.6 Å². The molecule has 0 spiro atoms. The van der Waals surface area contributed by atoms with Crippen LogP contribution in [-0.2, 0) is 6.54 Å². The van der Waals surface area contributed by atoms with Gasteiger partial charge >= 0.3 is 0 Å². The predicted molar refractivity (Wildman–Crippen MR) is 135 cm³/mol. The molecule has 1 fully saturated rings. The van der Waals surface area contributed by atoms with Crippen LogP contribution in [0.5, 0.6) is 5.75 Å². The molecule has 2 heterocycles. The maximum atomic E-state index is 5.67. The smallest absolute Gasteiger partial charge is 0.121 e. The van der Waals surface area contributed by atoms with E-state index in [1.807, 2.05) is 25.1 Å². The van der Waals surface area contributed by atoms with Crippen molar-refractivity contribution in [3.05, 3.63) is 90.8 Å². The van der Waals surface area contributed by atoms with Crippen molar-refractivity contribution in [2.45, 2.75) is 13.5 Å². The third kappa shape index (κ3) is 4.94. The van der Waals surface area contributed by atoms with E-state index in [1.165, 1.54) is 5.69 Å². The molecule has 4 aromatic rings. The maximum absolute atomic E-state index is 5.67. The number of imidazole rings is 1. The van der Waals surface area contributed by atoms with E-state index in [9.17, 15) is 0 Å². The number of anilines is 1. The van der Waals surface area contributed by atoms with Crippen LogP contribution in [-0.4, -0.2) is 47.7 Å². The summed E-state index contributed by atoms with van der Waals surface area (Å²) < 4.78 is 5.67. The Morgan fingerprint density at radius 1 is 0.818 bits per heavy atom. The Morgan fingerprint density at radius 3 is 2.21 bits per heavy atom. The lowest BCUT2D eigenvalue weighted by Crippen LogP contribution is -2.46. The number of aromatic nitrogens is 2. The van der Waals surface area contributed by atoms with Gasteiger partial charge in [0.15, 0.2) is 0 Å². The molecule has 1 N–H and O–H groups in total. The van der Waals surface area contributed by atoms with Gasteiger partial charge in [0.2, 0.25) is 0 Å². The first-order chi connectivity index (χ1) is 16.3. The molecular weight excluding hydrogens is 408 g/mol. The lowest BCUT2D eigenvalue weighted by atomic mass is 10.1. The first-order valence-corrected chi connectivity index (χ1v) is 11.7. The summed E-state index contributed by atoms with van der Waals surface area (Å²) in [6.45, 7) is 7.52. The average molecular weight is 439 g/mol. The Balaban J connectivity index is 1.30. The van der Waals surface area contributed by atoms with Crippen LogP contribution in [0.25, 0.3) is 22.5 Å². The molecule has 0 saturated carbocycles. The van der Waals surface area contributed by atoms with Gasteiger partial charge in [0, 0.05) is 49.1 Å². The van der Waals surface area contributed by atoms with Crippen molar-refractivity contribution in [3.63, 3.8) is 0 Å². The fourth-order valence-electron chi connectivity index (χ4n) is 4.43. The van der Waals surface area contributed by atoms with Crippen LogP contribution in [0, 0.1) is 0 Å². The maximum Gasteiger partial charge on any atom is 0.121 e. The number of H-pyrrole nitrogens is 1. The van der Waals surface area contributed by atoms with E-state index in [0.717, 1.165) is 66.8 Å². The topological polar surface area (TPSA) is 44.4 Å². The average Bonchev–Trinajstić information content (AvgIpc) is 3.30. The SMILES string of the molecule is CCOc1cccc(N2CCN(Cc3nc(-c4ccccc4)c(-c4ccccc4)[nH]3)CC2)c1. The van der Waals surface area contributed by atoms with Crippen molar-refractivity contribution in [2.75, 3.05) is 37.7 Å². The molecule has 0 radical (unpaired) electrons. The Bertz CT molecular complexity index is 1110. The van der Waals surface area contributed by atoms with Crippen molar-refractivity contribution in [3.8, 4) is 28.3 Å². The van der Waals surface area contributed by atoms with Crippen molar-refractivity contribution in [1.82, 2.24) is 14.9 Å². The fourth-order valence-corrected chi connectivity index (χ4v) is 4.43. The second kappa shape index (κ2) is 9.92. The van der Waals surface area contributed by atoms with Crippen molar-refractivity contribution in [1.29, 1.82) is 0 Å². The van der Waals surface area contributed by atoms with Gasteiger partial charge in [-0.1, -0.05) is 66.7 Å². The third-order valence-electron chi connectivity index (χ3n) is 6.10. The van der Waals surface area contributed by atoms with Gasteiger partial charge in [-0.15, -0.1) is 0 Å². The van der Waals surface area contributed by atoms with Gasteiger partial charge in [0.25, 0.3) is 0 Å². The monoisotopic (exact) mass is 438 g/mol. The van der Waals surface area contributed by atoms with E-state index in [4.69, 9.17) is 9.72 Å². The number of hydrogen-bond acceptors (Lipinski definition) is 4. The van der Waals surface area contributed by atoms with Crippen molar-refractivity contribution >= 4 is 5.69 Å². The van der Waals surface area contributed by atoms with Crippen LogP contribution < -0.4 is 9.64 Å². The first-order valence-electron chi connectivity index (χ1n) is 11.7. The van der Waals surface area contributed by atoms with Gasteiger partial charge in [0.05, 0.1) is 24.5 Å². The molecule has 1 aliphatic rings. The lowest BCUT2D eigenvalue weighted by Gasteiger charge is -2.35. The minimum Gasteiger partial charge on any atom is -0.494 e. The van der Waals surface area contributed by atoms with E-state index in [2.05, 4.69) is 81.5 Å². The third-order valence-corrected chi connectivity index (χ3v) is 6.10. The van der Waals surface area contributed by atoms with Gasteiger partial charge in [-0.2, -0.15) is 0 Å². The summed E-state index contributed by atoms with van der Waals surface area (Å²) in [6, 6.07) is 29.3. The van der Waals surface area contributed by atoms with Crippen LogP contribution in [0.2, 0.25) is 0 Å².